The first kappa shape index (κ1) is 11.2. The van der Waals surface area contributed by atoms with E-state index in [4.69, 9.17) is 9.47 Å². The minimum atomic E-state index is -0.596. The van der Waals surface area contributed by atoms with Crippen molar-refractivity contribution in [3.63, 3.8) is 0 Å². The first-order chi connectivity index (χ1) is 6.52. The SMILES string of the molecule is C=C(C(=O)OC)C1COC(C)(CC)O1. The van der Waals surface area contributed by atoms with Crippen LogP contribution in [-0.4, -0.2) is 31.6 Å². The molecule has 1 fully saturated rings. The molecule has 0 aliphatic carbocycles. The Balaban J connectivity index is 2.58. The number of rotatable bonds is 3. The molecule has 0 bridgehead atoms. The molecular formula is C10H16O4. The fraction of sp³-hybridized carbons (Fsp3) is 0.700. The molecule has 0 amide bonds. The Labute approximate surface area is 83.8 Å². The quantitative estimate of drug-likeness (QED) is 0.508. The van der Waals surface area contributed by atoms with Crippen LogP contribution in [0.25, 0.3) is 0 Å². The average Bonchev–Trinajstić information content (AvgIpc) is 2.59. The van der Waals surface area contributed by atoms with Gasteiger partial charge >= 0.3 is 5.97 Å². The molecule has 1 aliphatic rings. The molecule has 0 aromatic heterocycles. The summed E-state index contributed by atoms with van der Waals surface area (Å²) in [5, 5.41) is 0. The van der Waals surface area contributed by atoms with Crippen LogP contribution in [0, 0.1) is 0 Å². The predicted octanol–water partition coefficient (Wildman–Crippen LogP) is 1.26. The molecule has 0 aromatic rings. The molecule has 0 radical (unpaired) electrons. The Bertz CT molecular complexity index is 249. The number of carbonyl (C=O) groups is 1. The number of hydrogen-bond acceptors (Lipinski definition) is 4. The average molecular weight is 200 g/mol. The topological polar surface area (TPSA) is 44.8 Å². The Morgan fingerprint density at radius 1 is 1.71 bits per heavy atom. The largest absolute Gasteiger partial charge is 0.466 e. The summed E-state index contributed by atoms with van der Waals surface area (Å²) >= 11 is 0. The van der Waals surface area contributed by atoms with Gasteiger partial charge in [0.25, 0.3) is 0 Å². The van der Waals surface area contributed by atoms with Crippen LogP contribution in [0.2, 0.25) is 0 Å². The molecule has 1 heterocycles. The van der Waals surface area contributed by atoms with Crippen LogP contribution in [0.15, 0.2) is 12.2 Å². The zero-order chi connectivity index (χ0) is 10.8. The minimum absolute atomic E-state index is 0.310. The highest BCUT2D eigenvalue weighted by molar-refractivity contribution is 5.88. The Morgan fingerprint density at radius 3 is 2.79 bits per heavy atom. The van der Waals surface area contributed by atoms with Crippen molar-refractivity contribution in [2.75, 3.05) is 13.7 Å². The second kappa shape index (κ2) is 4.11. The highest BCUT2D eigenvalue weighted by atomic mass is 16.7. The van der Waals surface area contributed by atoms with E-state index in [1.165, 1.54) is 7.11 Å². The third-order valence-electron chi connectivity index (χ3n) is 2.41. The standard InChI is InChI=1S/C10H16O4/c1-5-10(3)13-6-8(14-10)7(2)9(11)12-4/h8H,2,5-6H2,1,3-4H3. The lowest BCUT2D eigenvalue weighted by molar-refractivity contribution is -0.154. The summed E-state index contributed by atoms with van der Waals surface area (Å²) in [6.07, 6.45) is 0.352. The van der Waals surface area contributed by atoms with Crippen molar-refractivity contribution in [2.24, 2.45) is 0 Å². The van der Waals surface area contributed by atoms with Crippen molar-refractivity contribution in [3.8, 4) is 0 Å². The zero-order valence-corrected chi connectivity index (χ0v) is 8.83. The van der Waals surface area contributed by atoms with E-state index < -0.39 is 11.8 Å². The third kappa shape index (κ3) is 2.13. The molecule has 4 nitrogen and oxygen atoms in total. The summed E-state index contributed by atoms with van der Waals surface area (Å²) in [5.74, 6) is -1.04. The highest BCUT2D eigenvalue weighted by Gasteiger charge is 2.38. The molecule has 80 valence electrons. The monoisotopic (exact) mass is 200 g/mol. The van der Waals surface area contributed by atoms with Gasteiger partial charge in [-0.25, -0.2) is 4.79 Å². The van der Waals surface area contributed by atoms with E-state index in [2.05, 4.69) is 11.3 Å². The third-order valence-corrected chi connectivity index (χ3v) is 2.41. The smallest absolute Gasteiger partial charge is 0.335 e. The van der Waals surface area contributed by atoms with E-state index in [1.54, 1.807) is 0 Å². The first-order valence-corrected chi connectivity index (χ1v) is 4.61. The molecular weight excluding hydrogens is 184 g/mol. The van der Waals surface area contributed by atoms with Crippen LogP contribution < -0.4 is 0 Å². The van der Waals surface area contributed by atoms with Gasteiger partial charge in [-0.15, -0.1) is 0 Å². The van der Waals surface area contributed by atoms with Crippen LogP contribution >= 0.6 is 0 Å². The number of ether oxygens (including phenoxy) is 3. The predicted molar refractivity (Wildman–Crippen MR) is 50.7 cm³/mol. The van der Waals surface area contributed by atoms with Crippen LogP contribution in [-0.2, 0) is 19.0 Å². The van der Waals surface area contributed by atoms with Gasteiger partial charge in [-0.3, -0.25) is 0 Å². The molecule has 0 spiro atoms. The van der Waals surface area contributed by atoms with E-state index in [0.717, 1.165) is 6.42 Å². The normalized spacial score (nSPS) is 31.5. The van der Waals surface area contributed by atoms with Gasteiger partial charge in [0.05, 0.1) is 19.3 Å². The fourth-order valence-corrected chi connectivity index (χ4v) is 1.24. The first-order valence-electron chi connectivity index (χ1n) is 4.61. The van der Waals surface area contributed by atoms with Gasteiger partial charge < -0.3 is 14.2 Å². The summed E-state index contributed by atoms with van der Waals surface area (Å²) < 4.78 is 15.5. The lowest BCUT2D eigenvalue weighted by Gasteiger charge is -2.21. The van der Waals surface area contributed by atoms with E-state index in [9.17, 15) is 4.79 Å². The molecule has 0 N–H and O–H groups in total. The van der Waals surface area contributed by atoms with Crippen molar-refractivity contribution in [3.05, 3.63) is 12.2 Å². The molecule has 0 saturated carbocycles. The van der Waals surface area contributed by atoms with Crippen molar-refractivity contribution < 1.29 is 19.0 Å². The van der Waals surface area contributed by atoms with Crippen molar-refractivity contribution in [1.29, 1.82) is 0 Å². The summed E-state index contributed by atoms with van der Waals surface area (Å²) in [7, 11) is 1.32. The highest BCUT2D eigenvalue weighted by Crippen LogP contribution is 2.29. The Morgan fingerprint density at radius 2 is 2.36 bits per heavy atom. The van der Waals surface area contributed by atoms with Crippen molar-refractivity contribution >= 4 is 5.97 Å². The van der Waals surface area contributed by atoms with Crippen molar-refractivity contribution in [1.82, 2.24) is 0 Å². The maximum atomic E-state index is 11.1. The number of esters is 1. The molecule has 1 rings (SSSR count). The van der Waals surface area contributed by atoms with Gasteiger partial charge in [-0.1, -0.05) is 13.5 Å². The zero-order valence-electron chi connectivity index (χ0n) is 8.83. The van der Waals surface area contributed by atoms with Crippen LogP contribution in [0.4, 0.5) is 0 Å². The van der Waals surface area contributed by atoms with Gasteiger partial charge in [0.15, 0.2) is 5.79 Å². The molecule has 2 atom stereocenters. The van der Waals surface area contributed by atoms with Gasteiger partial charge in [-0.2, -0.15) is 0 Å². The number of carbonyl (C=O) groups excluding carboxylic acids is 1. The molecule has 0 aromatic carbocycles. The minimum Gasteiger partial charge on any atom is -0.466 e. The number of hydrogen-bond donors (Lipinski definition) is 0. The van der Waals surface area contributed by atoms with E-state index in [0.29, 0.717) is 12.2 Å². The molecule has 14 heavy (non-hydrogen) atoms. The number of methoxy groups -OCH3 is 1. The van der Waals surface area contributed by atoms with Gasteiger partial charge in [-0.05, 0) is 13.3 Å². The lowest BCUT2D eigenvalue weighted by Crippen LogP contribution is -2.27. The van der Waals surface area contributed by atoms with Gasteiger partial charge in [0, 0.05) is 0 Å². The second-order valence-corrected chi connectivity index (χ2v) is 3.42. The fourth-order valence-electron chi connectivity index (χ4n) is 1.24. The lowest BCUT2D eigenvalue weighted by atomic mass is 10.2. The summed E-state index contributed by atoms with van der Waals surface area (Å²) in [6.45, 7) is 7.79. The molecule has 1 saturated heterocycles. The van der Waals surface area contributed by atoms with Crippen molar-refractivity contribution in [2.45, 2.75) is 32.2 Å². The van der Waals surface area contributed by atoms with E-state index >= 15 is 0 Å². The molecule has 1 aliphatic heterocycles. The summed E-state index contributed by atoms with van der Waals surface area (Å²) in [6, 6.07) is 0. The van der Waals surface area contributed by atoms with Gasteiger partial charge in [0.1, 0.15) is 6.10 Å². The summed E-state index contributed by atoms with van der Waals surface area (Å²) in [4.78, 5) is 11.1. The molecule has 4 heteroatoms. The Hall–Kier alpha value is -0.870. The van der Waals surface area contributed by atoms with Crippen LogP contribution in [0.3, 0.4) is 0 Å². The maximum Gasteiger partial charge on any atom is 0.335 e. The maximum absolute atomic E-state index is 11.1. The molecule has 2 unspecified atom stereocenters. The second-order valence-electron chi connectivity index (χ2n) is 3.42. The Kier molecular flexibility index (Phi) is 3.29. The van der Waals surface area contributed by atoms with E-state index in [-0.39, 0.29) is 6.10 Å². The van der Waals surface area contributed by atoms with Gasteiger partial charge in [0.2, 0.25) is 0 Å². The van der Waals surface area contributed by atoms with Crippen LogP contribution in [0.1, 0.15) is 20.3 Å². The van der Waals surface area contributed by atoms with Crippen LogP contribution in [0.5, 0.6) is 0 Å². The summed E-state index contributed by atoms with van der Waals surface area (Å²) in [5.41, 5.74) is 0.310. The van der Waals surface area contributed by atoms with E-state index in [1.807, 2.05) is 13.8 Å².